The van der Waals surface area contributed by atoms with Crippen molar-refractivity contribution in [3.63, 3.8) is 0 Å². The molecule has 0 saturated heterocycles. The molecule has 0 aliphatic heterocycles. The lowest BCUT2D eigenvalue weighted by molar-refractivity contribution is 0.0690. The van der Waals surface area contributed by atoms with Gasteiger partial charge in [-0.25, -0.2) is 14.8 Å². The van der Waals surface area contributed by atoms with Gasteiger partial charge in [-0.05, 0) is 12.7 Å². The topological polar surface area (TPSA) is 63.1 Å². The molecule has 0 amide bonds. The molecule has 0 fully saturated rings. The van der Waals surface area contributed by atoms with Crippen LogP contribution in [0.25, 0.3) is 0 Å². The molecule has 0 atom stereocenters. The maximum atomic E-state index is 11.1. The standard InChI is InChI=1S/C11H16N2O2S/c1-5-16-10-8(11(14)15)7(4)12-9(13-10)6(2)3/h6H,5H2,1-4H3,(H,14,15). The molecule has 1 aromatic rings. The number of rotatable bonds is 4. The van der Waals surface area contributed by atoms with E-state index in [-0.39, 0.29) is 11.5 Å². The van der Waals surface area contributed by atoms with Gasteiger partial charge in [-0.1, -0.05) is 20.8 Å². The van der Waals surface area contributed by atoms with E-state index in [4.69, 9.17) is 5.11 Å². The van der Waals surface area contributed by atoms with Crippen molar-refractivity contribution in [1.82, 2.24) is 9.97 Å². The van der Waals surface area contributed by atoms with Crippen LogP contribution in [0.4, 0.5) is 0 Å². The number of aromatic nitrogens is 2. The van der Waals surface area contributed by atoms with E-state index in [1.165, 1.54) is 11.8 Å². The number of thioether (sulfide) groups is 1. The number of carboxylic acids is 1. The van der Waals surface area contributed by atoms with Crippen molar-refractivity contribution in [2.75, 3.05) is 5.75 Å². The van der Waals surface area contributed by atoms with E-state index in [0.717, 1.165) is 5.75 Å². The normalized spacial score (nSPS) is 10.8. The summed E-state index contributed by atoms with van der Waals surface area (Å²) in [5, 5.41) is 9.68. The molecule has 16 heavy (non-hydrogen) atoms. The van der Waals surface area contributed by atoms with Crippen LogP contribution in [-0.4, -0.2) is 26.8 Å². The molecule has 0 aromatic carbocycles. The highest BCUT2D eigenvalue weighted by molar-refractivity contribution is 7.99. The van der Waals surface area contributed by atoms with E-state index in [1.54, 1.807) is 6.92 Å². The molecule has 4 nitrogen and oxygen atoms in total. The Morgan fingerprint density at radius 1 is 1.44 bits per heavy atom. The zero-order valence-electron chi connectivity index (χ0n) is 9.94. The van der Waals surface area contributed by atoms with Crippen LogP contribution >= 0.6 is 11.8 Å². The Balaban J connectivity index is 3.33. The Hall–Kier alpha value is -1.10. The molecule has 1 heterocycles. The first kappa shape index (κ1) is 13.0. The van der Waals surface area contributed by atoms with Gasteiger partial charge in [0.1, 0.15) is 16.4 Å². The fourth-order valence-corrected chi connectivity index (χ4v) is 2.12. The molecule has 1 N–H and O–H groups in total. The summed E-state index contributed by atoms with van der Waals surface area (Å²) in [6.07, 6.45) is 0. The van der Waals surface area contributed by atoms with Crippen molar-refractivity contribution >= 4 is 17.7 Å². The largest absolute Gasteiger partial charge is 0.478 e. The first-order chi connectivity index (χ1) is 7.47. The molecule has 0 radical (unpaired) electrons. The summed E-state index contributed by atoms with van der Waals surface area (Å²) in [5.41, 5.74) is 0.776. The van der Waals surface area contributed by atoms with Gasteiger partial charge in [-0.15, -0.1) is 11.8 Å². The molecule has 0 unspecified atom stereocenters. The van der Waals surface area contributed by atoms with Crippen molar-refractivity contribution in [2.24, 2.45) is 0 Å². The third-order valence-corrected chi connectivity index (χ3v) is 2.94. The number of carbonyl (C=O) groups is 1. The molecular formula is C11H16N2O2S. The Labute approximate surface area is 99.5 Å². The lowest BCUT2D eigenvalue weighted by atomic mass is 10.2. The quantitative estimate of drug-likeness (QED) is 0.647. The van der Waals surface area contributed by atoms with E-state index in [9.17, 15) is 4.79 Å². The van der Waals surface area contributed by atoms with E-state index in [1.807, 2.05) is 20.8 Å². The van der Waals surface area contributed by atoms with Crippen LogP contribution in [0.2, 0.25) is 0 Å². The Kier molecular flexibility index (Phi) is 4.29. The van der Waals surface area contributed by atoms with E-state index in [2.05, 4.69) is 9.97 Å². The van der Waals surface area contributed by atoms with Gasteiger partial charge < -0.3 is 5.11 Å². The number of aryl methyl sites for hydroxylation is 1. The molecule has 0 aliphatic rings. The average Bonchev–Trinajstić information content (AvgIpc) is 2.16. The van der Waals surface area contributed by atoms with E-state index in [0.29, 0.717) is 16.5 Å². The highest BCUT2D eigenvalue weighted by Gasteiger charge is 2.18. The summed E-state index contributed by atoms with van der Waals surface area (Å²) in [6, 6.07) is 0. The van der Waals surface area contributed by atoms with E-state index < -0.39 is 5.97 Å². The summed E-state index contributed by atoms with van der Waals surface area (Å²) in [6.45, 7) is 7.69. The highest BCUT2D eigenvalue weighted by Crippen LogP contribution is 2.24. The summed E-state index contributed by atoms with van der Waals surface area (Å²) in [4.78, 5) is 19.7. The van der Waals surface area contributed by atoms with Gasteiger partial charge in [-0.3, -0.25) is 0 Å². The van der Waals surface area contributed by atoms with Crippen LogP contribution in [0, 0.1) is 6.92 Å². The Morgan fingerprint density at radius 3 is 2.50 bits per heavy atom. The lowest BCUT2D eigenvalue weighted by Crippen LogP contribution is -2.10. The summed E-state index contributed by atoms with van der Waals surface area (Å²) >= 11 is 1.44. The second-order valence-electron chi connectivity index (χ2n) is 3.74. The molecule has 0 bridgehead atoms. The average molecular weight is 240 g/mol. The van der Waals surface area contributed by atoms with Crippen molar-refractivity contribution in [2.45, 2.75) is 38.6 Å². The van der Waals surface area contributed by atoms with Gasteiger partial charge in [0.2, 0.25) is 0 Å². The number of hydrogen-bond donors (Lipinski definition) is 1. The first-order valence-corrected chi connectivity index (χ1v) is 6.20. The molecule has 0 spiro atoms. The zero-order valence-corrected chi connectivity index (χ0v) is 10.8. The number of nitrogens with zero attached hydrogens (tertiary/aromatic N) is 2. The molecule has 0 saturated carbocycles. The van der Waals surface area contributed by atoms with Gasteiger partial charge in [0.05, 0.1) is 5.69 Å². The third kappa shape index (κ3) is 2.72. The van der Waals surface area contributed by atoms with Gasteiger partial charge in [0.25, 0.3) is 0 Å². The van der Waals surface area contributed by atoms with Crippen molar-refractivity contribution in [3.8, 4) is 0 Å². The number of carboxylic acid groups (broad SMARTS) is 1. The zero-order chi connectivity index (χ0) is 12.3. The smallest absolute Gasteiger partial charge is 0.340 e. The Bertz CT molecular complexity index is 405. The predicted molar refractivity (Wildman–Crippen MR) is 64.2 cm³/mol. The SMILES string of the molecule is CCSc1nc(C(C)C)nc(C)c1C(=O)O. The lowest BCUT2D eigenvalue weighted by Gasteiger charge is -2.11. The molecule has 1 rings (SSSR count). The summed E-state index contributed by atoms with van der Waals surface area (Å²) < 4.78 is 0. The van der Waals surface area contributed by atoms with Gasteiger partial charge in [0, 0.05) is 5.92 Å². The Morgan fingerprint density at radius 2 is 2.06 bits per heavy atom. The molecule has 1 aromatic heterocycles. The minimum absolute atomic E-state index is 0.206. The first-order valence-electron chi connectivity index (χ1n) is 5.22. The summed E-state index contributed by atoms with van der Waals surface area (Å²) in [5.74, 6) is 0.758. The fourth-order valence-electron chi connectivity index (χ4n) is 1.31. The second kappa shape index (κ2) is 5.30. The van der Waals surface area contributed by atoms with Crippen LogP contribution in [0.3, 0.4) is 0 Å². The van der Waals surface area contributed by atoms with Crippen molar-refractivity contribution < 1.29 is 9.90 Å². The van der Waals surface area contributed by atoms with Gasteiger partial charge in [0.15, 0.2) is 0 Å². The maximum absolute atomic E-state index is 11.1. The molecule has 88 valence electrons. The fraction of sp³-hybridized carbons (Fsp3) is 0.545. The van der Waals surface area contributed by atoms with Crippen LogP contribution in [0.15, 0.2) is 5.03 Å². The van der Waals surface area contributed by atoms with Crippen LogP contribution in [-0.2, 0) is 0 Å². The minimum Gasteiger partial charge on any atom is -0.478 e. The van der Waals surface area contributed by atoms with Gasteiger partial charge >= 0.3 is 5.97 Å². The predicted octanol–water partition coefficient (Wildman–Crippen LogP) is 2.72. The third-order valence-electron chi connectivity index (χ3n) is 2.09. The monoisotopic (exact) mass is 240 g/mol. The highest BCUT2D eigenvalue weighted by atomic mass is 32.2. The molecule has 5 heteroatoms. The van der Waals surface area contributed by atoms with Crippen molar-refractivity contribution in [1.29, 1.82) is 0 Å². The van der Waals surface area contributed by atoms with Crippen molar-refractivity contribution in [3.05, 3.63) is 17.1 Å². The van der Waals surface area contributed by atoms with Crippen LogP contribution in [0.1, 0.15) is 48.6 Å². The van der Waals surface area contributed by atoms with E-state index >= 15 is 0 Å². The van der Waals surface area contributed by atoms with Gasteiger partial charge in [-0.2, -0.15) is 0 Å². The van der Waals surface area contributed by atoms with Crippen LogP contribution in [0.5, 0.6) is 0 Å². The number of hydrogen-bond acceptors (Lipinski definition) is 4. The number of aromatic carboxylic acids is 1. The maximum Gasteiger partial charge on any atom is 0.340 e. The van der Waals surface area contributed by atoms with Crippen LogP contribution < -0.4 is 0 Å². The second-order valence-corrected chi connectivity index (χ2v) is 4.99. The molecule has 0 aliphatic carbocycles. The molecular weight excluding hydrogens is 224 g/mol. The minimum atomic E-state index is -0.955. The summed E-state index contributed by atoms with van der Waals surface area (Å²) in [7, 11) is 0.